The standard InChI is InChI=1S/C20H23NO3S/c1-11-9-13(3)15(10-12(11)2)18(22)21-19-17(20(23)24-4)14-7-5-6-8-16(14)25-19/h9-10H,5-8H2,1-4H3,(H,21,22). The Morgan fingerprint density at radius 1 is 1.04 bits per heavy atom. The molecule has 1 aromatic heterocycles. The summed E-state index contributed by atoms with van der Waals surface area (Å²) in [5, 5.41) is 3.58. The minimum atomic E-state index is -0.369. The smallest absolute Gasteiger partial charge is 0.341 e. The quantitative estimate of drug-likeness (QED) is 0.817. The van der Waals surface area contributed by atoms with Crippen LogP contribution in [0.3, 0.4) is 0 Å². The van der Waals surface area contributed by atoms with Crippen molar-refractivity contribution in [1.29, 1.82) is 0 Å². The van der Waals surface area contributed by atoms with Crippen molar-refractivity contribution >= 4 is 28.2 Å². The van der Waals surface area contributed by atoms with E-state index in [1.54, 1.807) is 0 Å². The Morgan fingerprint density at radius 2 is 1.72 bits per heavy atom. The number of fused-ring (bicyclic) bond motifs is 1. The molecule has 0 fully saturated rings. The van der Waals surface area contributed by atoms with Gasteiger partial charge in [-0.05, 0) is 74.8 Å². The average molecular weight is 357 g/mol. The second kappa shape index (κ2) is 7.00. The van der Waals surface area contributed by atoms with Crippen molar-refractivity contribution in [2.45, 2.75) is 46.5 Å². The van der Waals surface area contributed by atoms with Crippen LogP contribution < -0.4 is 5.32 Å². The van der Waals surface area contributed by atoms with E-state index in [2.05, 4.69) is 5.32 Å². The molecule has 0 radical (unpaired) electrons. The van der Waals surface area contributed by atoms with E-state index >= 15 is 0 Å². The Morgan fingerprint density at radius 3 is 2.44 bits per heavy atom. The number of amides is 1. The Labute approximate surface area is 152 Å². The fourth-order valence-corrected chi connectivity index (χ4v) is 4.62. The number of ether oxygens (including phenoxy) is 1. The van der Waals surface area contributed by atoms with Crippen molar-refractivity contribution in [2.75, 3.05) is 12.4 Å². The van der Waals surface area contributed by atoms with Gasteiger partial charge in [-0.25, -0.2) is 4.79 Å². The molecule has 1 amide bonds. The molecule has 3 rings (SSSR count). The second-order valence-corrected chi connectivity index (χ2v) is 7.72. The number of methoxy groups -OCH3 is 1. The molecule has 25 heavy (non-hydrogen) atoms. The van der Waals surface area contributed by atoms with Crippen LogP contribution >= 0.6 is 11.3 Å². The summed E-state index contributed by atoms with van der Waals surface area (Å²) in [7, 11) is 1.38. The molecule has 1 aliphatic carbocycles. The maximum Gasteiger partial charge on any atom is 0.341 e. The van der Waals surface area contributed by atoms with Crippen molar-refractivity contribution in [3.05, 3.63) is 50.4 Å². The normalized spacial score (nSPS) is 13.3. The van der Waals surface area contributed by atoms with Crippen LogP contribution in [0.25, 0.3) is 0 Å². The number of anilines is 1. The lowest BCUT2D eigenvalue weighted by Gasteiger charge is -2.12. The fraction of sp³-hybridized carbons (Fsp3) is 0.400. The number of hydrogen-bond acceptors (Lipinski definition) is 4. The molecule has 0 spiro atoms. The van der Waals surface area contributed by atoms with Crippen LogP contribution in [0, 0.1) is 20.8 Å². The third-order valence-corrected chi connectivity index (χ3v) is 6.08. The summed E-state index contributed by atoms with van der Waals surface area (Å²) in [4.78, 5) is 26.3. The molecule has 0 saturated heterocycles. The lowest BCUT2D eigenvalue weighted by molar-refractivity contribution is 0.0601. The SMILES string of the molecule is COC(=O)c1c(NC(=O)c2cc(C)c(C)cc2C)sc2c1CCCC2. The van der Waals surface area contributed by atoms with Crippen molar-refractivity contribution in [2.24, 2.45) is 0 Å². The Bertz CT molecular complexity index is 851. The number of hydrogen-bond donors (Lipinski definition) is 1. The van der Waals surface area contributed by atoms with Crippen LogP contribution in [-0.2, 0) is 17.6 Å². The van der Waals surface area contributed by atoms with E-state index in [1.807, 2.05) is 32.9 Å². The van der Waals surface area contributed by atoms with E-state index in [4.69, 9.17) is 4.74 Å². The molecular weight excluding hydrogens is 334 g/mol. The molecule has 1 heterocycles. The van der Waals surface area contributed by atoms with Gasteiger partial charge in [0.05, 0.1) is 12.7 Å². The lowest BCUT2D eigenvalue weighted by atomic mass is 9.95. The van der Waals surface area contributed by atoms with Crippen molar-refractivity contribution in [3.8, 4) is 0 Å². The number of thiophene rings is 1. The highest BCUT2D eigenvalue weighted by Crippen LogP contribution is 2.38. The number of carbonyl (C=O) groups excluding carboxylic acids is 2. The van der Waals surface area contributed by atoms with Crippen LogP contribution in [0.2, 0.25) is 0 Å². The monoisotopic (exact) mass is 357 g/mol. The molecule has 4 nitrogen and oxygen atoms in total. The third kappa shape index (κ3) is 3.33. The topological polar surface area (TPSA) is 55.4 Å². The van der Waals surface area contributed by atoms with Gasteiger partial charge in [-0.15, -0.1) is 11.3 Å². The zero-order valence-corrected chi connectivity index (χ0v) is 15.9. The molecule has 0 aliphatic heterocycles. The number of rotatable bonds is 3. The maximum atomic E-state index is 12.8. The third-order valence-electron chi connectivity index (χ3n) is 4.87. The summed E-state index contributed by atoms with van der Waals surface area (Å²) in [5.74, 6) is -0.546. The van der Waals surface area contributed by atoms with Crippen LogP contribution in [0.1, 0.15) is 60.7 Å². The van der Waals surface area contributed by atoms with E-state index in [0.717, 1.165) is 47.9 Å². The number of aryl methyl sites for hydroxylation is 4. The zero-order chi connectivity index (χ0) is 18.1. The molecule has 1 aromatic carbocycles. The Balaban J connectivity index is 1.98. The van der Waals surface area contributed by atoms with Gasteiger partial charge in [0, 0.05) is 10.4 Å². The minimum absolute atomic E-state index is 0.177. The summed E-state index contributed by atoms with van der Waals surface area (Å²) in [6.07, 6.45) is 4.02. The molecule has 1 aliphatic rings. The van der Waals surface area contributed by atoms with E-state index in [1.165, 1.54) is 23.3 Å². The van der Waals surface area contributed by atoms with Gasteiger partial charge in [-0.3, -0.25) is 4.79 Å². The zero-order valence-electron chi connectivity index (χ0n) is 15.1. The van der Waals surface area contributed by atoms with Crippen LogP contribution in [0.15, 0.2) is 12.1 Å². The van der Waals surface area contributed by atoms with Gasteiger partial charge in [0.25, 0.3) is 5.91 Å². The maximum absolute atomic E-state index is 12.8. The van der Waals surface area contributed by atoms with Crippen molar-refractivity contribution in [3.63, 3.8) is 0 Å². The summed E-state index contributed by atoms with van der Waals surface area (Å²) >= 11 is 1.51. The summed E-state index contributed by atoms with van der Waals surface area (Å²) in [6, 6.07) is 3.93. The first-order valence-electron chi connectivity index (χ1n) is 8.54. The van der Waals surface area contributed by atoms with Gasteiger partial charge >= 0.3 is 5.97 Å². The molecule has 5 heteroatoms. The Hall–Kier alpha value is -2.14. The first-order valence-corrected chi connectivity index (χ1v) is 9.36. The van der Waals surface area contributed by atoms with Gasteiger partial charge in [0.15, 0.2) is 0 Å². The molecule has 0 saturated carbocycles. The molecule has 132 valence electrons. The summed E-state index contributed by atoms with van der Waals surface area (Å²) < 4.78 is 4.96. The van der Waals surface area contributed by atoms with Gasteiger partial charge in [-0.1, -0.05) is 6.07 Å². The molecule has 0 bridgehead atoms. The predicted octanol–water partition coefficient (Wildman–Crippen LogP) is 4.59. The van der Waals surface area contributed by atoms with Crippen molar-refractivity contribution in [1.82, 2.24) is 0 Å². The fourth-order valence-electron chi connectivity index (χ4n) is 3.35. The summed E-state index contributed by atoms with van der Waals surface area (Å²) in [6.45, 7) is 5.96. The van der Waals surface area contributed by atoms with E-state index in [9.17, 15) is 9.59 Å². The van der Waals surface area contributed by atoms with E-state index < -0.39 is 0 Å². The Kier molecular flexibility index (Phi) is 4.95. The molecular formula is C20H23NO3S. The molecule has 1 N–H and O–H groups in total. The molecule has 2 aromatic rings. The highest BCUT2D eigenvalue weighted by molar-refractivity contribution is 7.17. The number of benzene rings is 1. The van der Waals surface area contributed by atoms with Gasteiger partial charge in [0.1, 0.15) is 5.00 Å². The first-order chi connectivity index (χ1) is 11.9. The first kappa shape index (κ1) is 17.7. The largest absolute Gasteiger partial charge is 0.465 e. The average Bonchev–Trinajstić information content (AvgIpc) is 2.95. The van der Waals surface area contributed by atoms with Gasteiger partial charge < -0.3 is 10.1 Å². The van der Waals surface area contributed by atoms with Gasteiger partial charge in [-0.2, -0.15) is 0 Å². The molecule has 0 atom stereocenters. The number of carbonyl (C=O) groups is 2. The van der Waals surface area contributed by atoms with Crippen molar-refractivity contribution < 1.29 is 14.3 Å². The predicted molar refractivity (Wildman–Crippen MR) is 101 cm³/mol. The highest BCUT2D eigenvalue weighted by Gasteiger charge is 2.27. The van der Waals surface area contributed by atoms with Crippen LogP contribution in [-0.4, -0.2) is 19.0 Å². The highest BCUT2D eigenvalue weighted by atomic mass is 32.1. The number of nitrogens with one attached hydrogen (secondary N) is 1. The van der Waals surface area contributed by atoms with E-state index in [0.29, 0.717) is 16.1 Å². The molecule has 0 unspecified atom stereocenters. The van der Waals surface area contributed by atoms with Crippen LogP contribution in [0.5, 0.6) is 0 Å². The minimum Gasteiger partial charge on any atom is -0.465 e. The van der Waals surface area contributed by atoms with E-state index in [-0.39, 0.29) is 11.9 Å². The lowest BCUT2D eigenvalue weighted by Crippen LogP contribution is -2.16. The number of esters is 1. The van der Waals surface area contributed by atoms with Crippen LogP contribution in [0.4, 0.5) is 5.00 Å². The van der Waals surface area contributed by atoms with Gasteiger partial charge in [0.2, 0.25) is 0 Å². The summed E-state index contributed by atoms with van der Waals surface area (Å²) in [5.41, 5.74) is 5.41. The second-order valence-electron chi connectivity index (χ2n) is 6.61.